The minimum Gasteiger partial charge on any atom is -0.349 e. The first-order chi connectivity index (χ1) is 7.24. The van der Waals surface area contributed by atoms with Crippen LogP contribution in [-0.2, 0) is 0 Å². The van der Waals surface area contributed by atoms with Crippen molar-refractivity contribution < 1.29 is 4.79 Å². The topological polar surface area (TPSA) is 88.0 Å². The lowest BCUT2D eigenvalue weighted by molar-refractivity contribution is 0.0958. The van der Waals surface area contributed by atoms with Crippen LogP contribution in [0.5, 0.6) is 0 Å². The minimum absolute atomic E-state index is 0.275. The van der Waals surface area contributed by atoms with E-state index in [1.165, 1.54) is 12.3 Å². The van der Waals surface area contributed by atoms with E-state index in [2.05, 4.69) is 10.3 Å². The molecule has 0 bridgehead atoms. The van der Waals surface area contributed by atoms with Gasteiger partial charge in [-0.3, -0.25) is 9.59 Å². The molecule has 1 rings (SSSR count). The molecule has 0 aliphatic carbocycles. The van der Waals surface area contributed by atoms with Crippen molar-refractivity contribution in [3.05, 3.63) is 46.4 Å². The SMILES string of the molecule is NC/C=C/CNC(=O)c1cc[nH]c(=O)c1. The second-order valence-corrected chi connectivity index (χ2v) is 2.86. The third-order valence-electron chi connectivity index (χ3n) is 1.72. The highest BCUT2D eigenvalue weighted by Crippen LogP contribution is 1.91. The van der Waals surface area contributed by atoms with E-state index in [9.17, 15) is 9.59 Å². The number of pyridine rings is 1. The van der Waals surface area contributed by atoms with E-state index in [0.717, 1.165) is 0 Å². The molecule has 0 saturated carbocycles. The number of H-pyrrole nitrogens is 1. The predicted molar refractivity (Wildman–Crippen MR) is 57.6 cm³/mol. The third kappa shape index (κ3) is 3.78. The zero-order chi connectivity index (χ0) is 11.1. The molecule has 0 radical (unpaired) electrons. The Hall–Kier alpha value is -1.88. The van der Waals surface area contributed by atoms with Gasteiger partial charge in [0.2, 0.25) is 5.56 Å². The van der Waals surface area contributed by atoms with Crippen molar-refractivity contribution in [2.24, 2.45) is 5.73 Å². The average molecular weight is 207 g/mol. The summed E-state index contributed by atoms with van der Waals surface area (Å²) in [5.74, 6) is -0.275. The number of nitrogens with one attached hydrogen (secondary N) is 2. The molecule has 0 aromatic carbocycles. The van der Waals surface area contributed by atoms with E-state index in [4.69, 9.17) is 5.73 Å². The predicted octanol–water partition coefficient (Wildman–Crippen LogP) is -0.380. The summed E-state index contributed by atoms with van der Waals surface area (Å²) in [6.45, 7) is 0.851. The Morgan fingerprint density at radius 1 is 1.53 bits per heavy atom. The monoisotopic (exact) mass is 207 g/mol. The zero-order valence-electron chi connectivity index (χ0n) is 8.19. The van der Waals surface area contributed by atoms with E-state index < -0.39 is 0 Å². The van der Waals surface area contributed by atoms with Crippen LogP contribution in [-0.4, -0.2) is 24.0 Å². The lowest BCUT2D eigenvalue weighted by atomic mass is 10.2. The van der Waals surface area contributed by atoms with Crippen LogP contribution in [0.2, 0.25) is 0 Å². The molecule has 4 N–H and O–H groups in total. The summed E-state index contributed by atoms with van der Waals surface area (Å²) in [6, 6.07) is 2.80. The molecule has 1 amide bonds. The van der Waals surface area contributed by atoms with Gasteiger partial charge in [0, 0.05) is 30.9 Å². The highest BCUT2D eigenvalue weighted by Gasteiger charge is 2.03. The smallest absolute Gasteiger partial charge is 0.251 e. The molecule has 1 heterocycles. The summed E-state index contributed by atoms with van der Waals surface area (Å²) in [7, 11) is 0. The van der Waals surface area contributed by atoms with E-state index in [1.807, 2.05) is 0 Å². The fraction of sp³-hybridized carbons (Fsp3) is 0.200. The van der Waals surface area contributed by atoms with E-state index in [-0.39, 0.29) is 11.5 Å². The Morgan fingerprint density at radius 2 is 2.33 bits per heavy atom. The van der Waals surface area contributed by atoms with Crippen molar-refractivity contribution in [1.29, 1.82) is 0 Å². The summed E-state index contributed by atoms with van der Waals surface area (Å²) < 4.78 is 0. The average Bonchev–Trinajstić information content (AvgIpc) is 2.24. The zero-order valence-corrected chi connectivity index (χ0v) is 8.19. The maximum Gasteiger partial charge on any atom is 0.251 e. The molecule has 0 unspecified atom stereocenters. The van der Waals surface area contributed by atoms with E-state index in [0.29, 0.717) is 18.7 Å². The lowest BCUT2D eigenvalue weighted by Gasteiger charge is -2.00. The van der Waals surface area contributed by atoms with Crippen molar-refractivity contribution in [3.63, 3.8) is 0 Å². The summed E-state index contributed by atoms with van der Waals surface area (Å²) in [4.78, 5) is 24.8. The van der Waals surface area contributed by atoms with Crippen LogP contribution in [0.3, 0.4) is 0 Å². The number of rotatable bonds is 4. The number of carbonyl (C=O) groups is 1. The van der Waals surface area contributed by atoms with Crippen molar-refractivity contribution >= 4 is 5.91 Å². The molecule has 0 aliphatic rings. The van der Waals surface area contributed by atoms with Crippen LogP contribution in [0.25, 0.3) is 0 Å². The van der Waals surface area contributed by atoms with Gasteiger partial charge in [0.15, 0.2) is 0 Å². The van der Waals surface area contributed by atoms with Gasteiger partial charge in [0.25, 0.3) is 5.91 Å². The molecule has 1 aromatic rings. The van der Waals surface area contributed by atoms with Gasteiger partial charge in [-0.25, -0.2) is 0 Å². The van der Waals surface area contributed by atoms with Gasteiger partial charge in [-0.2, -0.15) is 0 Å². The lowest BCUT2D eigenvalue weighted by Crippen LogP contribution is -2.24. The van der Waals surface area contributed by atoms with Gasteiger partial charge >= 0.3 is 0 Å². The van der Waals surface area contributed by atoms with Gasteiger partial charge < -0.3 is 16.0 Å². The van der Waals surface area contributed by atoms with Crippen molar-refractivity contribution in [3.8, 4) is 0 Å². The molecule has 1 aromatic heterocycles. The summed E-state index contributed by atoms with van der Waals surface area (Å²) in [6.07, 6.45) is 4.94. The van der Waals surface area contributed by atoms with Crippen molar-refractivity contribution in [2.75, 3.05) is 13.1 Å². The quantitative estimate of drug-likeness (QED) is 0.588. The maximum atomic E-state index is 11.4. The Morgan fingerprint density at radius 3 is 3.00 bits per heavy atom. The Bertz CT molecular complexity index is 409. The van der Waals surface area contributed by atoms with E-state index in [1.54, 1.807) is 18.2 Å². The van der Waals surface area contributed by atoms with Gasteiger partial charge in [-0.05, 0) is 6.07 Å². The van der Waals surface area contributed by atoms with Crippen LogP contribution >= 0.6 is 0 Å². The van der Waals surface area contributed by atoms with Crippen LogP contribution in [0.1, 0.15) is 10.4 Å². The minimum atomic E-state index is -0.292. The fourth-order valence-electron chi connectivity index (χ4n) is 1.02. The molecular formula is C10H13N3O2. The molecule has 80 valence electrons. The normalized spacial score (nSPS) is 10.5. The van der Waals surface area contributed by atoms with Crippen LogP contribution in [0.4, 0.5) is 0 Å². The Labute approximate surface area is 87.0 Å². The molecule has 5 nitrogen and oxygen atoms in total. The first-order valence-corrected chi connectivity index (χ1v) is 4.56. The Balaban J connectivity index is 2.54. The summed E-state index contributed by atoms with van der Waals surface area (Å²) in [5.41, 5.74) is 5.29. The molecule has 0 fully saturated rings. The second-order valence-electron chi connectivity index (χ2n) is 2.86. The van der Waals surface area contributed by atoms with Crippen LogP contribution in [0, 0.1) is 0 Å². The number of aromatic amines is 1. The number of amides is 1. The van der Waals surface area contributed by atoms with Gasteiger partial charge in [0.05, 0.1) is 0 Å². The highest BCUT2D eigenvalue weighted by atomic mass is 16.2. The fourth-order valence-corrected chi connectivity index (χ4v) is 1.02. The molecule has 0 spiro atoms. The summed E-state index contributed by atoms with van der Waals surface area (Å²) in [5, 5.41) is 2.63. The van der Waals surface area contributed by atoms with Crippen molar-refractivity contribution in [2.45, 2.75) is 0 Å². The van der Waals surface area contributed by atoms with Crippen molar-refractivity contribution in [1.82, 2.24) is 10.3 Å². The van der Waals surface area contributed by atoms with E-state index >= 15 is 0 Å². The number of hydrogen-bond acceptors (Lipinski definition) is 3. The number of aromatic nitrogens is 1. The first kappa shape index (κ1) is 11.2. The first-order valence-electron chi connectivity index (χ1n) is 4.56. The maximum absolute atomic E-state index is 11.4. The number of hydrogen-bond donors (Lipinski definition) is 3. The molecule has 0 aliphatic heterocycles. The highest BCUT2D eigenvalue weighted by molar-refractivity contribution is 5.94. The summed E-state index contributed by atoms with van der Waals surface area (Å²) >= 11 is 0. The molecular weight excluding hydrogens is 194 g/mol. The van der Waals surface area contributed by atoms with Crippen LogP contribution < -0.4 is 16.6 Å². The molecule has 0 atom stereocenters. The second kappa shape index (κ2) is 5.77. The number of nitrogens with two attached hydrogens (primary N) is 1. The third-order valence-corrected chi connectivity index (χ3v) is 1.72. The Kier molecular flexibility index (Phi) is 4.30. The molecule has 0 saturated heterocycles. The molecule has 15 heavy (non-hydrogen) atoms. The standard InChI is InChI=1S/C10H13N3O2/c11-4-1-2-5-13-10(15)8-3-6-12-9(14)7-8/h1-3,6-7H,4-5,11H2,(H,12,14)(H,13,15)/b2-1+. The largest absolute Gasteiger partial charge is 0.349 e. The van der Waals surface area contributed by atoms with Crippen LogP contribution in [0.15, 0.2) is 35.3 Å². The van der Waals surface area contributed by atoms with Gasteiger partial charge in [-0.15, -0.1) is 0 Å². The van der Waals surface area contributed by atoms with Gasteiger partial charge in [-0.1, -0.05) is 12.2 Å². The number of carbonyl (C=O) groups excluding carboxylic acids is 1. The van der Waals surface area contributed by atoms with Gasteiger partial charge in [0.1, 0.15) is 0 Å². The molecule has 5 heteroatoms.